The van der Waals surface area contributed by atoms with E-state index in [1.807, 2.05) is 17.0 Å². The minimum absolute atomic E-state index is 0.0795. The molecule has 5 nitrogen and oxygen atoms in total. The van der Waals surface area contributed by atoms with Gasteiger partial charge >= 0.3 is 0 Å². The van der Waals surface area contributed by atoms with Gasteiger partial charge in [-0.25, -0.2) is 0 Å². The van der Waals surface area contributed by atoms with E-state index in [1.165, 1.54) is 16.9 Å². The Balaban J connectivity index is 1.40. The van der Waals surface area contributed by atoms with Crippen LogP contribution < -0.4 is 0 Å². The predicted molar refractivity (Wildman–Crippen MR) is 122 cm³/mol. The second-order valence-corrected chi connectivity index (χ2v) is 9.46. The van der Waals surface area contributed by atoms with Crippen molar-refractivity contribution in [3.05, 3.63) is 70.8 Å². The molecule has 0 bridgehead atoms. The van der Waals surface area contributed by atoms with Crippen LogP contribution in [-0.4, -0.2) is 40.6 Å². The van der Waals surface area contributed by atoms with Crippen LogP contribution in [0.4, 0.5) is 0 Å². The lowest BCUT2D eigenvalue weighted by Gasteiger charge is -2.41. The fourth-order valence-electron chi connectivity index (χ4n) is 5.82. The lowest BCUT2D eigenvalue weighted by molar-refractivity contribution is -0.141. The summed E-state index contributed by atoms with van der Waals surface area (Å²) < 4.78 is 0. The van der Waals surface area contributed by atoms with Crippen LogP contribution >= 0.6 is 0 Å². The summed E-state index contributed by atoms with van der Waals surface area (Å²) in [5.74, 6) is 0.280. The Kier molecular flexibility index (Phi) is 5.58. The zero-order valence-electron chi connectivity index (χ0n) is 18.6. The minimum Gasteiger partial charge on any atom is -0.335 e. The van der Waals surface area contributed by atoms with Gasteiger partial charge in [-0.15, -0.1) is 0 Å². The first-order valence-electron chi connectivity index (χ1n) is 11.9. The average Bonchev–Trinajstić information content (AvgIpc) is 3.07. The van der Waals surface area contributed by atoms with Crippen LogP contribution in [-0.2, 0) is 11.2 Å². The van der Waals surface area contributed by atoms with Crippen LogP contribution in [0.25, 0.3) is 0 Å². The van der Waals surface area contributed by atoms with Gasteiger partial charge in [0.15, 0.2) is 0 Å². The molecule has 1 aliphatic carbocycles. The van der Waals surface area contributed by atoms with Crippen LogP contribution in [0.3, 0.4) is 0 Å². The summed E-state index contributed by atoms with van der Waals surface area (Å²) in [7, 11) is 0. The van der Waals surface area contributed by atoms with Gasteiger partial charge in [0.2, 0.25) is 5.91 Å². The molecule has 3 aliphatic rings. The van der Waals surface area contributed by atoms with Gasteiger partial charge < -0.3 is 4.90 Å². The van der Waals surface area contributed by atoms with E-state index >= 15 is 0 Å². The summed E-state index contributed by atoms with van der Waals surface area (Å²) in [5.41, 5.74) is 3.38. The van der Waals surface area contributed by atoms with Gasteiger partial charge in [0.05, 0.1) is 17.2 Å². The fraction of sp³-hybridized carbons (Fsp3) is 0.444. The molecule has 2 heterocycles. The largest absolute Gasteiger partial charge is 0.335 e. The molecule has 5 rings (SSSR count). The molecule has 2 aromatic rings. The topological polar surface area (TPSA) is 57.7 Å². The van der Waals surface area contributed by atoms with Crippen molar-refractivity contribution >= 4 is 17.7 Å². The molecule has 32 heavy (non-hydrogen) atoms. The summed E-state index contributed by atoms with van der Waals surface area (Å²) >= 11 is 0. The molecule has 2 aromatic carbocycles. The smallest absolute Gasteiger partial charge is 0.261 e. The van der Waals surface area contributed by atoms with Crippen molar-refractivity contribution in [3.63, 3.8) is 0 Å². The third kappa shape index (κ3) is 3.54. The molecule has 3 atom stereocenters. The molecule has 5 heteroatoms. The Morgan fingerprint density at radius 1 is 0.938 bits per heavy atom. The monoisotopic (exact) mass is 430 g/mol. The van der Waals surface area contributed by atoms with E-state index in [0.29, 0.717) is 36.6 Å². The van der Waals surface area contributed by atoms with Gasteiger partial charge in [0, 0.05) is 19.0 Å². The minimum atomic E-state index is -0.228. The maximum absolute atomic E-state index is 13.7. The van der Waals surface area contributed by atoms with Crippen LogP contribution in [0.5, 0.6) is 0 Å². The van der Waals surface area contributed by atoms with E-state index in [-0.39, 0.29) is 29.7 Å². The van der Waals surface area contributed by atoms with E-state index in [4.69, 9.17) is 0 Å². The molecule has 1 saturated carbocycles. The summed E-state index contributed by atoms with van der Waals surface area (Å²) in [6.45, 7) is 3.22. The van der Waals surface area contributed by atoms with Crippen LogP contribution in [0.1, 0.15) is 76.9 Å². The van der Waals surface area contributed by atoms with Crippen LogP contribution in [0.2, 0.25) is 0 Å². The van der Waals surface area contributed by atoms with E-state index in [1.54, 1.807) is 24.3 Å². The number of carbonyl (C=O) groups is 3. The number of benzene rings is 2. The normalized spacial score (nSPS) is 25.0. The molecule has 3 unspecified atom stereocenters. The van der Waals surface area contributed by atoms with E-state index < -0.39 is 0 Å². The molecule has 0 N–H and O–H groups in total. The van der Waals surface area contributed by atoms with Gasteiger partial charge in [-0.2, -0.15) is 0 Å². The first-order chi connectivity index (χ1) is 15.6. The molecular weight excluding hydrogens is 400 g/mol. The zero-order chi connectivity index (χ0) is 22.2. The van der Waals surface area contributed by atoms with Crippen molar-refractivity contribution in [2.24, 2.45) is 11.8 Å². The maximum atomic E-state index is 13.7. The van der Waals surface area contributed by atoms with E-state index in [9.17, 15) is 14.4 Å². The third-order valence-electron chi connectivity index (χ3n) is 7.63. The van der Waals surface area contributed by atoms with Gasteiger partial charge in [0.1, 0.15) is 0 Å². The van der Waals surface area contributed by atoms with Crippen LogP contribution in [0.15, 0.2) is 48.5 Å². The Hall–Kier alpha value is -2.95. The molecule has 0 saturated heterocycles. The number of imide groups is 1. The fourth-order valence-corrected chi connectivity index (χ4v) is 5.82. The summed E-state index contributed by atoms with van der Waals surface area (Å²) in [6.07, 6.45) is 5.81. The summed E-state index contributed by atoms with van der Waals surface area (Å²) in [4.78, 5) is 42.8. The number of amides is 3. The van der Waals surface area contributed by atoms with Gasteiger partial charge in [-0.05, 0) is 54.9 Å². The lowest BCUT2D eigenvalue weighted by Crippen LogP contribution is -2.46. The third-order valence-corrected chi connectivity index (χ3v) is 7.63. The van der Waals surface area contributed by atoms with Crippen molar-refractivity contribution < 1.29 is 14.4 Å². The number of carbonyl (C=O) groups excluding carboxylic acids is 3. The molecule has 3 amide bonds. The summed E-state index contributed by atoms with van der Waals surface area (Å²) in [6, 6.07) is 15.2. The molecule has 0 spiro atoms. The van der Waals surface area contributed by atoms with Crippen LogP contribution in [0, 0.1) is 11.8 Å². The predicted octanol–water partition coefficient (Wildman–Crippen LogP) is 4.63. The molecule has 0 radical (unpaired) electrons. The first kappa shape index (κ1) is 20.9. The van der Waals surface area contributed by atoms with Gasteiger partial charge in [-0.1, -0.05) is 56.2 Å². The highest BCUT2D eigenvalue weighted by molar-refractivity contribution is 6.21. The highest BCUT2D eigenvalue weighted by Gasteiger charge is 2.39. The average molecular weight is 431 g/mol. The Morgan fingerprint density at radius 2 is 1.59 bits per heavy atom. The quantitative estimate of drug-likeness (QED) is 0.665. The van der Waals surface area contributed by atoms with Crippen molar-refractivity contribution in [2.75, 3.05) is 13.1 Å². The lowest BCUT2D eigenvalue weighted by atomic mass is 9.78. The molecule has 2 aliphatic heterocycles. The van der Waals surface area contributed by atoms with Gasteiger partial charge in [0.25, 0.3) is 11.8 Å². The Labute approximate surface area is 189 Å². The van der Waals surface area contributed by atoms with Crippen molar-refractivity contribution in [2.45, 2.75) is 51.5 Å². The molecule has 0 aromatic heterocycles. The summed E-state index contributed by atoms with van der Waals surface area (Å²) in [5, 5.41) is 0. The molecule has 166 valence electrons. The molecule has 1 fully saturated rings. The van der Waals surface area contributed by atoms with E-state index in [2.05, 4.69) is 19.1 Å². The van der Waals surface area contributed by atoms with Crippen molar-refractivity contribution in [3.8, 4) is 0 Å². The maximum Gasteiger partial charge on any atom is 0.261 e. The van der Waals surface area contributed by atoms with Crippen molar-refractivity contribution in [1.29, 1.82) is 0 Å². The second kappa shape index (κ2) is 8.53. The zero-order valence-corrected chi connectivity index (χ0v) is 18.6. The first-order valence-corrected chi connectivity index (χ1v) is 11.9. The number of hydrogen-bond donors (Lipinski definition) is 0. The number of rotatable bonds is 4. The highest BCUT2D eigenvalue weighted by Crippen LogP contribution is 2.38. The van der Waals surface area contributed by atoms with E-state index in [0.717, 1.165) is 31.2 Å². The Morgan fingerprint density at radius 3 is 2.31 bits per heavy atom. The second-order valence-electron chi connectivity index (χ2n) is 9.46. The molecular formula is C27H30N2O3. The standard InChI is InChI=1S/C27H30N2O3/c1-18-8-2-4-10-20(18)25(30)28-16-14-19-9-3-5-11-21(19)24(28)15-17-29-26(31)22-12-6-7-13-23(22)27(29)32/h3,5-7,9,11-13,18,20,24H,2,4,8,10,14-17H2,1H3. The SMILES string of the molecule is CC1CCCCC1C(=O)N1CCc2ccccc2C1CCN1C(=O)c2ccccc2C1=O. The van der Waals surface area contributed by atoms with Crippen molar-refractivity contribution in [1.82, 2.24) is 9.80 Å². The highest BCUT2D eigenvalue weighted by atomic mass is 16.2. The number of nitrogens with zero attached hydrogens (tertiary/aromatic N) is 2. The van der Waals surface area contributed by atoms with Gasteiger partial charge in [-0.3, -0.25) is 19.3 Å². The number of hydrogen-bond acceptors (Lipinski definition) is 3. The number of fused-ring (bicyclic) bond motifs is 2. The Bertz CT molecular complexity index is 1030.